The molecule has 0 fully saturated rings. The van der Waals surface area contributed by atoms with Crippen molar-refractivity contribution in [2.24, 2.45) is 16.0 Å². The highest BCUT2D eigenvalue weighted by Gasteiger charge is 2.20. The largest absolute Gasteiger partial charge is 0.289 e. The molecular formula is C8H8N4OS. The summed E-state index contributed by atoms with van der Waals surface area (Å²) in [4.78, 5) is 12.1. The zero-order valence-electron chi connectivity index (χ0n) is 7.23. The van der Waals surface area contributed by atoms with Crippen LogP contribution in [0.1, 0.15) is 11.3 Å². The van der Waals surface area contributed by atoms with Crippen molar-refractivity contribution in [3.8, 4) is 0 Å². The van der Waals surface area contributed by atoms with Crippen molar-refractivity contribution in [3.05, 3.63) is 22.4 Å². The number of nitrogens with one attached hydrogen (secondary N) is 1. The minimum Gasteiger partial charge on any atom is -0.289 e. The highest BCUT2D eigenvalue weighted by Crippen LogP contribution is 2.16. The summed E-state index contributed by atoms with van der Waals surface area (Å²) < 4.78 is 0. The van der Waals surface area contributed by atoms with Crippen molar-refractivity contribution in [2.75, 3.05) is 0 Å². The Balaban J connectivity index is 2.09. The molecule has 1 aromatic heterocycles. The third-order valence-corrected chi connectivity index (χ3v) is 2.74. The van der Waals surface area contributed by atoms with Crippen LogP contribution in [0, 0.1) is 0 Å². The third kappa shape index (κ3) is 1.57. The van der Waals surface area contributed by atoms with Crippen LogP contribution in [0.3, 0.4) is 0 Å². The van der Waals surface area contributed by atoms with Crippen LogP contribution in [0.25, 0.3) is 0 Å². The maximum atomic E-state index is 11.1. The molecule has 6 heteroatoms. The molecule has 2 rings (SSSR count). The van der Waals surface area contributed by atoms with E-state index in [0.29, 0.717) is 12.1 Å². The first kappa shape index (κ1) is 9.04. The number of hydrogen-bond donors (Lipinski definition) is 2. The van der Waals surface area contributed by atoms with Gasteiger partial charge in [-0.1, -0.05) is 6.07 Å². The van der Waals surface area contributed by atoms with E-state index in [1.54, 1.807) is 11.3 Å². The second-order valence-corrected chi connectivity index (χ2v) is 3.67. The van der Waals surface area contributed by atoms with Crippen LogP contribution in [0.5, 0.6) is 0 Å². The summed E-state index contributed by atoms with van der Waals surface area (Å²) in [5.74, 6) is 4.61. The zero-order chi connectivity index (χ0) is 9.97. The average Bonchev–Trinajstić information content (AvgIpc) is 2.86. The van der Waals surface area contributed by atoms with Crippen molar-refractivity contribution in [2.45, 2.75) is 6.42 Å². The molecule has 5 nitrogen and oxygen atoms in total. The quantitative estimate of drug-likeness (QED) is 0.416. The molecular weight excluding hydrogens is 200 g/mol. The van der Waals surface area contributed by atoms with Gasteiger partial charge < -0.3 is 0 Å². The van der Waals surface area contributed by atoms with Crippen molar-refractivity contribution >= 4 is 28.7 Å². The highest BCUT2D eigenvalue weighted by atomic mass is 32.1. The predicted octanol–water partition coefficient (Wildman–Crippen LogP) is 0.287. The Labute approximate surface area is 84.3 Å². The first-order valence-electron chi connectivity index (χ1n) is 3.99. The highest BCUT2D eigenvalue weighted by molar-refractivity contribution is 7.12. The van der Waals surface area contributed by atoms with E-state index in [4.69, 9.17) is 5.84 Å². The molecule has 0 atom stereocenters. The molecule has 0 aromatic carbocycles. The number of carbonyl (C=O) groups is 1. The summed E-state index contributed by atoms with van der Waals surface area (Å²) in [6.45, 7) is 0. The van der Waals surface area contributed by atoms with Crippen LogP contribution in [-0.4, -0.2) is 17.3 Å². The van der Waals surface area contributed by atoms with Gasteiger partial charge in [-0.3, -0.25) is 10.2 Å². The van der Waals surface area contributed by atoms with E-state index in [9.17, 15) is 4.79 Å². The summed E-state index contributed by atoms with van der Waals surface area (Å²) in [5.41, 5.74) is 3.21. The SMILES string of the molecule is NNC(=O)C1=NN=C(c2cccs2)C1. The monoisotopic (exact) mass is 208 g/mol. The molecule has 0 saturated heterocycles. The number of hydrogen-bond acceptors (Lipinski definition) is 5. The fourth-order valence-electron chi connectivity index (χ4n) is 1.14. The molecule has 1 amide bonds. The van der Waals surface area contributed by atoms with Gasteiger partial charge in [-0.05, 0) is 11.4 Å². The van der Waals surface area contributed by atoms with Crippen LogP contribution >= 0.6 is 11.3 Å². The minimum absolute atomic E-state index is 0.357. The minimum atomic E-state index is -0.375. The van der Waals surface area contributed by atoms with E-state index >= 15 is 0 Å². The smallest absolute Gasteiger partial charge is 0.281 e. The maximum absolute atomic E-state index is 11.1. The lowest BCUT2D eigenvalue weighted by atomic mass is 10.1. The molecule has 0 radical (unpaired) electrons. The molecule has 14 heavy (non-hydrogen) atoms. The lowest BCUT2D eigenvalue weighted by molar-refractivity contribution is -0.114. The van der Waals surface area contributed by atoms with Crippen molar-refractivity contribution in [1.82, 2.24) is 5.43 Å². The van der Waals surface area contributed by atoms with Gasteiger partial charge in [-0.25, -0.2) is 5.84 Å². The lowest BCUT2D eigenvalue weighted by Crippen LogP contribution is -2.36. The van der Waals surface area contributed by atoms with E-state index in [-0.39, 0.29) is 5.91 Å². The molecule has 1 aromatic rings. The fourth-order valence-corrected chi connectivity index (χ4v) is 1.85. The Kier molecular flexibility index (Phi) is 2.38. The second kappa shape index (κ2) is 3.69. The maximum Gasteiger partial charge on any atom is 0.281 e. The molecule has 2 heterocycles. The molecule has 1 aliphatic rings. The van der Waals surface area contributed by atoms with Gasteiger partial charge in [0.15, 0.2) is 0 Å². The average molecular weight is 208 g/mol. The molecule has 72 valence electrons. The zero-order valence-corrected chi connectivity index (χ0v) is 8.04. The van der Waals surface area contributed by atoms with E-state index in [2.05, 4.69) is 10.2 Å². The first-order valence-corrected chi connectivity index (χ1v) is 4.87. The van der Waals surface area contributed by atoms with Crippen LogP contribution in [0.4, 0.5) is 0 Å². The summed E-state index contributed by atoms with van der Waals surface area (Å²) in [6.07, 6.45) is 0.448. The van der Waals surface area contributed by atoms with Gasteiger partial charge >= 0.3 is 0 Å². The number of hydrazine groups is 1. The van der Waals surface area contributed by atoms with Crippen LogP contribution in [-0.2, 0) is 4.79 Å². The molecule has 1 aliphatic heterocycles. The normalized spacial score (nSPS) is 14.9. The first-order chi connectivity index (χ1) is 6.81. The molecule has 0 saturated carbocycles. The van der Waals surface area contributed by atoms with Crippen molar-refractivity contribution in [1.29, 1.82) is 0 Å². The van der Waals surface area contributed by atoms with Gasteiger partial charge in [0.1, 0.15) is 5.71 Å². The van der Waals surface area contributed by atoms with E-state index in [1.165, 1.54) is 0 Å². The summed E-state index contributed by atoms with van der Waals surface area (Å²) in [5, 5.41) is 9.65. The molecule has 0 unspecified atom stereocenters. The van der Waals surface area contributed by atoms with Gasteiger partial charge in [-0.15, -0.1) is 16.4 Å². The number of thiophene rings is 1. The Hall–Kier alpha value is -1.53. The fraction of sp³-hybridized carbons (Fsp3) is 0.125. The number of nitrogens with zero attached hydrogens (tertiary/aromatic N) is 2. The predicted molar refractivity (Wildman–Crippen MR) is 55.2 cm³/mol. The molecule has 0 aliphatic carbocycles. The third-order valence-electron chi connectivity index (χ3n) is 1.83. The topological polar surface area (TPSA) is 79.8 Å². The van der Waals surface area contributed by atoms with Crippen LogP contribution in [0.2, 0.25) is 0 Å². The van der Waals surface area contributed by atoms with Gasteiger partial charge in [0, 0.05) is 6.42 Å². The number of rotatable bonds is 2. The van der Waals surface area contributed by atoms with Crippen LogP contribution in [0.15, 0.2) is 27.7 Å². The van der Waals surface area contributed by atoms with Crippen LogP contribution < -0.4 is 11.3 Å². The van der Waals surface area contributed by atoms with Gasteiger partial charge in [0.25, 0.3) is 5.91 Å². The van der Waals surface area contributed by atoms with Gasteiger partial charge in [-0.2, -0.15) is 5.10 Å². The number of carbonyl (C=O) groups excluding carboxylic acids is 1. The van der Waals surface area contributed by atoms with Gasteiger partial charge in [0.05, 0.1) is 10.6 Å². The summed E-state index contributed by atoms with van der Waals surface area (Å²) in [6, 6.07) is 3.88. The Morgan fingerprint density at radius 3 is 3.07 bits per heavy atom. The van der Waals surface area contributed by atoms with E-state index in [1.807, 2.05) is 22.9 Å². The molecule has 3 N–H and O–H groups in total. The lowest BCUT2D eigenvalue weighted by Gasteiger charge is -1.96. The number of nitrogens with two attached hydrogens (primary N) is 1. The molecule has 0 spiro atoms. The summed E-state index contributed by atoms with van der Waals surface area (Å²) in [7, 11) is 0. The molecule has 0 bridgehead atoms. The van der Waals surface area contributed by atoms with Gasteiger partial charge in [0.2, 0.25) is 0 Å². The van der Waals surface area contributed by atoms with E-state index < -0.39 is 0 Å². The Bertz CT molecular complexity index is 407. The van der Waals surface area contributed by atoms with E-state index in [0.717, 1.165) is 10.6 Å². The Morgan fingerprint density at radius 2 is 2.43 bits per heavy atom. The number of amides is 1. The second-order valence-electron chi connectivity index (χ2n) is 2.72. The standard InChI is InChI=1S/C8H8N4OS/c9-10-8(13)6-4-5(11-12-6)7-2-1-3-14-7/h1-3H,4,9H2,(H,10,13). The Morgan fingerprint density at radius 1 is 1.57 bits per heavy atom. The van der Waals surface area contributed by atoms with Crippen molar-refractivity contribution in [3.63, 3.8) is 0 Å². The van der Waals surface area contributed by atoms with Crippen molar-refractivity contribution < 1.29 is 4.79 Å². The summed E-state index contributed by atoms with van der Waals surface area (Å²) >= 11 is 1.57.